The standard InChI is InChI=1S/C25H18Cl4N2O4/c1-33-23-11-21(24(34-2)10-20(23)29)31-25(32)16(12-30)7-15-8-17(26)5-6-22(15)35-13-14-3-4-18(27)9-19(14)28/h3-11H,13H2,1-2H3,(H,31,32)/b16-7+. The van der Waals surface area contributed by atoms with Crippen LogP contribution in [-0.4, -0.2) is 20.1 Å². The number of methoxy groups -OCH3 is 2. The van der Waals surface area contributed by atoms with E-state index < -0.39 is 5.91 Å². The molecule has 0 aliphatic carbocycles. The number of nitriles is 1. The van der Waals surface area contributed by atoms with Gasteiger partial charge in [0.25, 0.3) is 5.91 Å². The normalized spacial score (nSPS) is 10.9. The van der Waals surface area contributed by atoms with Crippen molar-refractivity contribution in [1.82, 2.24) is 0 Å². The third-order valence-corrected chi connectivity index (χ3v) is 5.87. The first-order valence-electron chi connectivity index (χ1n) is 9.96. The summed E-state index contributed by atoms with van der Waals surface area (Å²) in [4.78, 5) is 12.9. The molecule has 0 saturated heterocycles. The van der Waals surface area contributed by atoms with Gasteiger partial charge in [-0.05, 0) is 36.4 Å². The third-order valence-electron chi connectivity index (χ3n) is 4.76. The van der Waals surface area contributed by atoms with E-state index in [1.165, 1.54) is 32.4 Å². The van der Waals surface area contributed by atoms with Gasteiger partial charge in [0, 0.05) is 38.3 Å². The van der Waals surface area contributed by atoms with E-state index in [0.717, 1.165) is 0 Å². The molecule has 0 bridgehead atoms. The third kappa shape index (κ3) is 6.74. The molecule has 3 aromatic rings. The maximum Gasteiger partial charge on any atom is 0.266 e. The quantitative estimate of drug-likeness (QED) is 0.232. The van der Waals surface area contributed by atoms with Crippen molar-refractivity contribution in [2.75, 3.05) is 19.5 Å². The molecule has 0 radical (unpaired) electrons. The summed E-state index contributed by atoms with van der Waals surface area (Å²) < 4.78 is 16.4. The van der Waals surface area contributed by atoms with Crippen molar-refractivity contribution in [3.05, 3.63) is 85.3 Å². The number of nitrogens with one attached hydrogen (secondary N) is 1. The van der Waals surface area contributed by atoms with E-state index in [1.807, 2.05) is 6.07 Å². The number of hydrogen-bond acceptors (Lipinski definition) is 5. The summed E-state index contributed by atoms with van der Waals surface area (Å²) in [6.07, 6.45) is 1.37. The predicted molar refractivity (Wildman–Crippen MR) is 139 cm³/mol. The molecule has 3 aromatic carbocycles. The number of halogens is 4. The van der Waals surface area contributed by atoms with Crippen molar-refractivity contribution < 1.29 is 19.0 Å². The zero-order valence-corrected chi connectivity index (χ0v) is 21.5. The molecule has 35 heavy (non-hydrogen) atoms. The number of anilines is 1. The maximum absolute atomic E-state index is 12.9. The number of carbonyl (C=O) groups is 1. The second kappa shape index (κ2) is 12.1. The van der Waals surface area contributed by atoms with Crippen molar-refractivity contribution in [2.24, 2.45) is 0 Å². The molecule has 0 aromatic heterocycles. The number of ether oxygens (including phenoxy) is 3. The van der Waals surface area contributed by atoms with Gasteiger partial charge in [0.2, 0.25) is 0 Å². The summed E-state index contributed by atoms with van der Waals surface area (Å²) in [6.45, 7) is 0.133. The molecule has 0 saturated carbocycles. The van der Waals surface area contributed by atoms with E-state index in [4.69, 9.17) is 60.6 Å². The SMILES string of the molecule is COc1cc(NC(=O)/C(C#N)=C/c2cc(Cl)ccc2OCc2ccc(Cl)cc2Cl)c(OC)cc1Cl. The Kier molecular flexibility index (Phi) is 9.13. The van der Waals surface area contributed by atoms with Crippen LogP contribution in [0.25, 0.3) is 6.08 Å². The van der Waals surface area contributed by atoms with Crippen LogP contribution >= 0.6 is 46.4 Å². The fourth-order valence-electron chi connectivity index (χ4n) is 3.01. The first kappa shape index (κ1) is 26.5. The number of benzene rings is 3. The average molecular weight is 552 g/mol. The molecule has 0 unspecified atom stereocenters. The predicted octanol–water partition coefficient (Wildman–Crippen LogP) is 7.44. The van der Waals surface area contributed by atoms with Crippen LogP contribution < -0.4 is 19.5 Å². The Bertz CT molecular complexity index is 1340. The summed E-state index contributed by atoms with van der Waals surface area (Å²) in [5.74, 6) is 0.346. The number of nitrogens with zero attached hydrogens (tertiary/aromatic N) is 1. The molecule has 10 heteroatoms. The van der Waals surface area contributed by atoms with Gasteiger partial charge in [0.05, 0.1) is 24.9 Å². The summed E-state index contributed by atoms with van der Waals surface area (Å²) >= 11 is 24.4. The van der Waals surface area contributed by atoms with E-state index in [-0.39, 0.29) is 17.9 Å². The maximum atomic E-state index is 12.9. The fourth-order valence-corrected chi connectivity index (χ4v) is 3.88. The first-order valence-corrected chi connectivity index (χ1v) is 11.5. The van der Waals surface area contributed by atoms with Gasteiger partial charge >= 0.3 is 0 Å². The minimum Gasteiger partial charge on any atom is -0.495 e. The number of carbonyl (C=O) groups excluding carboxylic acids is 1. The van der Waals surface area contributed by atoms with Gasteiger partial charge in [-0.15, -0.1) is 0 Å². The van der Waals surface area contributed by atoms with Gasteiger partial charge in [0.15, 0.2) is 0 Å². The molecule has 0 spiro atoms. The summed E-state index contributed by atoms with van der Waals surface area (Å²) in [5, 5.41) is 14.0. The topological polar surface area (TPSA) is 80.6 Å². The summed E-state index contributed by atoms with van der Waals surface area (Å²) in [7, 11) is 2.87. The van der Waals surface area contributed by atoms with Crippen molar-refractivity contribution in [3.8, 4) is 23.3 Å². The zero-order chi connectivity index (χ0) is 25.5. The molecule has 0 aliphatic heterocycles. The Morgan fingerprint density at radius 1 is 0.914 bits per heavy atom. The van der Waals surface area contributed by atoms with Crippen molar-refractivity contribution in [1.29, 1.82) is 5.26 Å². The van der Waals surface area contributed by atoms with Gasteiger partial charge < -0.3 is 19.5 Å². The lowest BCUT2D eigenvalue weighted by Crippen LogP contribution is -2.14. The molecule has 1 amide bonds. The Labute approximate surface area is 222 Å². The molecule has 6 nitrogen and oxygen atoms in total. The zero-order valence-electron chi connectivity index (χ0n) is 18.5. The minimum absolute atomic E-state index is 0.133. The molecule has 0 atom stereocenters. The van der Waals surface area contributed by atoms with Crippen LogP contribution in [0.3, 0.4) is 0 Å². The molecule has 0 aliphatic rings. The molecule has 1 N–H and O–H groups in total. The van der Waals surface area contributed by atoms with Gasteiger partial charge in [-0.2, -0.15) is 5.26 Å². The van der Waals surface area contributed by atoms with Crippen LogP contribution in [0.2, 0.25) is 20.1 Å². The van der Waals surface area contributed by atoms with E-state index in [2.05, 4.69) is 5.32 Å². The van der Waals surface area contributed by atoms with Crippen LogP contribution in [0.15, 0.2) is 54.1 Å². The van der Waals surface area contributed by atoms with E-state index in [9.17, 15) is 10.1 Å². The van der Waals surface area contributed by atoms with Crippen molar-refractivity contribution in [3.63, 3.8) is 0 Å². The highest BCUT2D eigenvalue weighted by molar-refractivity contribution is 6.35. The molecular weight excluding hydrogens is 534 g/mol. The first-order chi connectivity index (χ1) is 16.7. The minimum atomic E-state index is -0.679. The Hall–Kier alpha value is -3.08. The van der Waals surface area contributed by atoms with Gasteiger partial charge in [0.1, 0.15) is 35.5 Å². The van der Waals surface area contributed by atoms with Crippen LogP contribution in [0, 0.1) is 11.3 Å². The number of hydrogen-bond donors (Lipinski definition) is 1. The monoisotopic (exact) mass is 550 g/mol. The summed E-state index contributed by atoms with van der Waals surface area (Å²) in [5.41, 5.74) is 1.22. The van der Waals surface area contributed by atoms with E-state index in [0.29, 0.717) is 48.5 Å². The van der Waals surface area contributed by atoms with E-state index in [1.54, 1.807) is 36.4 Å². The fraction of sp³-hybridized carbons (Fsp3) is 0.120. The Morgan fingerprint density at radius 3 is 2.26 bits per heavy atom. The summed E-state index contributed by atoms with van der Waals surface area (Å²) in [6, 6.07) is 14.8. The van der Waals surface area contributed by atoms with Gasteiger partial charge in [-0.1, -0.05) is 52.5 Å². The number of rotatable bonds is 8. The van der Waals surface area contributed by atoms with Crippen molar-refractivity contribution in [2.45, 2.75) is 6.61 Å². The molecule has 180 valence electrons. The average Bonchev–Trinajstić information content (AvgIpc) is 2.83. The van der Waals surface area contributed by atoms with Crippen LogP contribution in [-0.2, 0) is 11.4 Å². The smallest absolute Gasteiger partial charge is 0.266 e. The second-order valence-electron chi connectivity index (χ2n) is 7.02. The molecule has 3 rings (SSSR count). The largest absolute Gasteiger partial charge is 0.495 e. The highest BCUT2D eigenvalue weighted by atomic mass is 35.5. The van der Waals surface area contributed by atoms with Gasteiger partial charge in [-0.25, -0.2) is 0 Å². The molecular formula is C25H18Cl4N2O4. The Balaban J connectivity index is 1.89. The Morgan fingerprint density at radius 2 is 1.60 bits per heavy atom. The van der Waals surface area contributed by atoms with Crippen LogP contribution in [0.5, 0.6) is 17.2 Å². The lowest BCUT2D eigenvalue weighted by molar-refractivity contribution is -0.112. The van der Waals surface area contributed by atoms with Crippen molar-refractivity contribution >= 4 is 64.1 Å². The van der Waals surface area contributed by atoms with E-state index >= 15 is 0 Å². The second-order valence-corrected chi connectivity index (χ2v) is 8.70. The van der Waals surface area contributed by atoms with Gasteiger partial charge in [-0.3, -0.25) is 4.79 Å². The highest BCUT2D eigenvalue weighted by Gasteiger charge is 2.17. The lowest BCUT2D eigenvalue weighted by Gasteiger charge is -2.13. The number of amides is 1. The van der Waals surface area contributed by atoms with Crippen LogP contribution in [0.1, 0.15) is 11.1 Å². The highest BCUT2D eigenvalue weighted by Crippen LogP contribution is 2.36. The lowest BCUT2D eigenvalue weighted by atomic mass is 10.1. The van der Waals surface area contributed by atoms with Crippen LogP contribution in [0.4, 0.5) is 5.69 Å². The molecule has 0 fully saturated rings. The molecule has 0 heterocycles.